The maximum Gasteiger partial charge on any atom is 0.230 e. The van der Waals surface area contributed by atoms with Gasteiger partial charge in [0.1, 0.15) is 11.0 Å². The zero-order valence-corrected chi connectivity index (χ0v) is 16.3. The number of rotatable bonds is 5. The van der Waals surface area contributed by atoms with Crippen LogP contribution < -0.4 is 10.6 Å². The van der Waals surface area contributed by atoms with Gasteiger partial charge in [0.05, 0.1) is 18.1 Å². The lowest BCUT2D eigenvalue weighted by atomic mass is 9.90. The van der Waals surface area contributed by atoms with Crippen molar-refractivity contribution in [3.05, 3.63) is 18.6 Å². The number of aromatic nitrogens is 6. The number of nitrogens with one attached hydrogen (secondary N) is 2. The summed E-state index contributed by atoms with van der Waals surface area (Å²) < 4.78 is 3.57. The van der Waals surface area contributed by atoms with Gasteiger partial charge >= 0.3 is 0 Å². The molecule has 0 radical (unpaired) electrons. The molecule has 144 valence electrons. The molecular weight excluding hydrogens is 342 g/mol. The van der Waals surface area contributed by atoms with Crippen LogP contribution in [-0.2, 0) is 14.1 Å². The fourth-order valence-corrected chi connectivity index (χ4v) is 3.78. The number of fused-ring (bicyclic) bond motifs is 1. The summed E-state index contributed by atoms with van der Waals surface area (Å²) in [6.45, 7) is 0. The average Bonchev–Trinajstić information content (AvgIpc) is 3.21. The molecule has 3 aromatic rings. The molecule has 0 saturated heterocycles. The van der Waals surface area contributed by atoms with Crippen molar-refractivity contribution in [1.82, 2.24) is 34.4 Å². The molecule has 3 heterocycles. The zero-order valence-electron chi connectivity index (χ0n) is 16.3. The van der Waals surface area contributed by atoms with Crippen molar-refractivity contribution in [3.8, 4) is 0 Å². The second-order valence-electron chi connectivity index (χ2n) is 7.54. The largest absolute Gasteiger partial charge is 0.365 e. The van der Waals surface area contributed by atoms with Crippen molar-refractivity contribution in [1.29, 1.82) is 0 Å². The van der Waals surface area contributed by atoms with E-state index < -0.39 is 0 Å². The molecule has 1 aliphatic rings. The SMILES string of the molecule is Cn1cc(Nc2nc(N[C@H]3CC[C@H](N(C)C)CC3)c3c(cnn3C)n2)cn1. The van der Waals surface area contributed by atoms with E-state index in [9.17, 15) is 0 Å². The van der Waals surface area contributed by atoms with Gasteiger partial charge in [0, 0.05) is 32.4 Å². The van der Waals surface area contributed by atoms with Crippen LogP contribution in [0.15, 0.2) is 18.6 Å². The Morgan fingerprint density at radius 3 is 2.48 bits per heavy atom. The van der Waals surface area contributed by atoms with E-state index in [1.807, 2.05) is 25.0 Å². The summed E-state index contributed by atoms with van der Waals surface area (Å²) in [7, 11) is 8.14. The molecule has 0 spiro atoms. The highest BCUT2D eigenvalue weighted by molar-refractivity contribution is 5.87. The predicted octanol–water partition coefficient (Wildman–Crippen LogP) is 2.13. The smallest absolute Gasteiger partial charge is 0.230 e. The quantitative estimate of drug-likeness (QED) is 0.712. The first-order chi connectivity index (χ1) is 13.0. The van der Waals surface area contributed by atoms with Crippen LogP contribution in [0.2, 0.25) is 0 Å². The van der Waals surface area contributed by atoms with Gasteiger partial charge in [-0.3, -0.25) is 9.36 Å². The summed E-state index contributed by atoms with van der Waals surface area (Å²) >= 11 is 0. The molecule has 0 amide bonds. The lowest BCUT2D eigenvalue weighted by molar-refractivity contribution is 0.221. The monoisotopic (exact) mass is 369 g/mol. The Balaban J connectivity index is 1.58. The van der Waals surface area contributed by atoms with Crippen molar-refractivity contribution in [2.75, 3.05) is 24.7 Å². The van der Waals surface area contributed by atoms with Crippen molar-refractivity contribution in [3.63, 3.8) is 0 Å². The zero-order chi connectivity index (χ0) is 19.0. The van der Waals surface area contributed by atoms with Gasteiger partial charge in [-0.1, -0.05) is 0 Å². The van der Waals surface area contributed by atoms with Gasteiger partial charge in [0.15, 0.2) is 5.82 Å². The highest BCUT2D eigenvalue weighted by Crippen LogP contribution is 2.28. The molecule has 1 fully saturated rings. The minimum atomic E-state index is 0.417. The van der Waals surface area contributed by atoms with E-state index in [2.05, 4.69) is 44.8 Å². The first-order valence-electron chi connectivity index (χ1n) is 9.38. The van der Waals surface area contributed by atoms with Gasteiger partial charge in [0.2, 0.25) is 5.95 Å². The molecular formula is C18H27N9. The molecule has 0 aromatic carbocycles. The Hall–Kier alpha value is -2.68. The molecule has 1 saturated carbocycles. The van der Waals surface area contributed by atoms with Gasteiger partial charge in [-0.15, -0.1) is 0 Å². The molecule has 0 unspecified atom stereocenters. The standard InChI is InChI=1S/C18H27N9/c1-25(2)14-7-5-12(6-8-14)21-17-16-15(10-20-27(16)4)23-18(24-17)22-13-9-19-26(3)11-13/h9-12,14H,5-8H2,1-4H3,(H2,21,22,23,24)/t12-,14-. The van der Waals surface area contributed by atoms with Crippen molar-refractivity contribution < 1.29 is 0 Å². The van der Waals surface area contributed by atoms with Crippen molar-refractivity contribution in [2.24, 2.45) is 14.1 Å². The van der Waals surface area contributed by atoms with Crippen LogP contribution in [0.1, 0.15) is 25.7 Å². The third kappa shape index (κ3) is 3.73. The molecule has 0 aliphatic heterocycles. The molecule has 3 aromatic heterocycles. The van der Waals surface area contributed by atoms with E-state index in [-0.39, 0.29) is 0 Å². The van der Waals surface area contributed by atoms with Gasteiger partial charge in [0.25, 0.3) is 0 Å². The number of nitrogens with zero attached hydrogens (tertiary/aromatic N) is 7. The van der Waals surface area contributed by atoms with Gasteiger partial charge in [-0.2, -0.15) is 15.2 Å². The highest BCUT2D eigenvalue weighted by Gasteiger charge is 2.24. The molecule has 0 bridgehead atoms. The molecule has 0 atom stereocenters. The lowest BCUT2D eigenvalue weighted by Gasteiger charge is -2.33. The van der Waals surface area contributed by atoms with Crippen LogP contribution >= 0.6 is 0 Å². The van der Waals surface area contributed by atoms with Crippen LogP contribution in [0.5, 0.6) is 0 Å². The summed E-state index contributed by atoms with van der Waals surface area (Å²) in [5, 5.41) is 15.4. The lowest BCUT2D eigenvalue weighted by Crippen LogP contribution is -2.36. The maximum atomic E-state index is 4.75. The molecule has 9 heteroatoms. The summed E-state index contributed by atoms with van der Waals surface area (Å²) in [6.07, 6.45) is 10.1. The normalized spacial score (nSPS) is 20.3. The first kappa shape index (κ1) is 17.7. The Labute approximate surface area is 158 Å². The fraction of sp³-hybridized carbons (Fsp3) is 0.556. The third-order valence-corrected chi connectivity index (χ3v) is 5.32. The topological polar surface area (TPSA) is 88.7 Å². The summed E-state index contributed by atoms with van der Waals surface area (Å²) in [5.41, 5.74) is 2.61. The summed E-state index contributed by atoms with van der Waals surface area (Å²) in [4.78, 5) is 11.7. The third-order valence-electron chi connectivity index (χ3n) is 5.32. The van der Waals surface area contributed by atoms with Gasteiger partial charge in [-0.05, 0) is 39.8 Å². The minimum Gasteiger partial charge on any atom is -0.365 e. The number of hydrogen-bond acceptors (Lipinski definition) is 7. The molecule has 1 aliphatic carbocycles. The molecule has 27 heavy (non-hydrogen) atoms. The Morgan fingerprint density at radius 2 is 1.81 bits per heavy atom. The fourth-order valence-electron chi connectivity index (χ4n) is 3.78. The second kappa shape index (κ2) is 7.15. The molecule has 4 rings (SSSR count). The number of aryl methyl sites for hydroxylation is 2. The van der Waals surface area contributed by atoms with Gasteiger partial charge in [-0.25, -0.2) is 4.98 Å². The van der Waals surface area contributed by atoms with E-state index >= 15 is 0 Å². The van der Waals surface area contributed by atoms with E-state index in [0.717, 1.165) is 35.4 Å². The summed E-state index contributed by atoms with van der Waals surface area (Å²) in [6, 6.07) is 1.09. The highest BCUT2D eigenvalue weighted by atomic mass is 15.3. The predicted molar refractivity (Wildman–Crippen MR) is 106 cm³/mol. The molecule has 2 N–H and O–H groups in total. The van der Waals surface area contributed by atoms with Crippen LogP contribution in [0, 0.1) is 0 Å². The Morgan fingerprint density at radius 1 is 1.04 bits per heavy atom. The first-order valence-corrected chi connectivity index (χ1v) is 9.38. The maximum absolute atomic E-state index is 4.75. The molecule has 9 nitrogen and oxygen atoms in total. The van der Waals surface area contributed by atoms with E-state index in [4.69, 9.17) is 4.98 Å². The van der Waals surface area contributed by atoms with E-state index in [1.54, 1.807) is 17.1 Å². The van der Waals surface area contributed by atoms with Crippen LogP contribution in [0.25, 0.3) is 11.0 Å². The summed E-state index contributed by atoms with van der Waals surface area (Å²) in [5.74, 6) is 1.38. The Kier molecular flexibility index (Phi) is 4.69. The van der Waals surface area contributed by atoms with Crippen molar-refractivity contribution >= 4 is 28.5 Å². The van der Waals surface area contributed by atoms with Crippen LogP contribution in [-0.4, -0.2) is 60.6 Å². The van der Waals surface area contributed by atoms with Crippen LogP contribution in [0.4, 0.5) is 17.5 Å². The average molecular weight is 369 g/mol. The van der Waals surface area contributed by atoms with Crippen molar-refractivity contribution in [2.45, 2.75) is 37.8 Å². The van der Waals surface area contributed by atoms with E-state index in [1.165, 1.54) is 12.8 Å². The van der Waals surface area contributed by atoms with Crippen LogP contribution in [0.3, 0.4) is 0 Å². The number of hydrogen-bond donors (Lipinski definition) is 2. The Bertz CT molecular complexity index is 918. The minimum absolute atomic E-state index is 0.417. The number of anilines is 3. The van der Waals surface area contributed by atoms with Gasteiger partial charge < -0.3 is 15.5 Å². The second-order valence-corrected chi connectivity index (χ2v) is 7.54. The van der Waals surface area contributed by atoms with E-state index in [0.29, 0.717) is 18.0 Å².